The Kier molecular flexibility index (Phi) is 6.63. The molecule has 1 nitrogen and oxygen atoms in total. The molecule has 1 saturated heterocycles. The van der Waals surface area contributed by atoms with Gasteiger partial charge in [0.15, 0.2) is 8.32 Å². The zero-order valence-electron chi connectivity index (χ0n) is 12.9. The van der Waals surface area contributed by atoms with Gasteiger partial charge in [-0.05, 0) is 48.4 Å². The molecule has 0 N–H and O–H groups in total. The van der Waals surface area contributed by atoms with Crippen LogP contribution in [0.1, 0.15) is 40.5 Å². The highest BCUT2D eigenvalue weighted by molar-refractivity contribution is 8.17. The molecular weight excluding hydrogens is 276 g/mol. The normalized spacial score (nSPS) is 21.0. The summed E-state index contributed by atoms with van der Waals surface area (Å²) in [4.78, 5) is 0. The Morgan fingerprint density at radius 3 is 2.28 bits per heavy atom. The quantitative estimate of drug-likeness (QED) is 0.644. The van der Waals surface area contributed by atoms with Crippen molar-refractivity contribution in [3.8, 4) is 0 Å². The second kappa shape index (κ2) is 7.05. The van der Waals surface area contributed by atoms with E-state index in [1.54, 1.807) is 0 Å². The Morgan fingerprint density at radius 1 is 1.22 bits per heavy atom. The van der Waals surface area contributed by atoms with Gasteiger partial charge in [-0.3, -0.25) is 0 Å². The number of hydrogen-bond acceptors (Lipinski definition) is 3. The lowest BCUT2D eigenvalue weighted by molar-refractivity contribution is 0.234. The van der Waals surface area contributed by atoms with Crippen molar-refractivity contribution in [1.29, 1.82) is 0 Å². The van der Waals surface area contributed by atoms with E-state index in [1.807, 2.05) is 0 Å². The molecule has 0 spiro atoms. The first kappa shape index (κ1) is 16.9. The van der Waals surface area contributed by atoms with Crippen molar-refractivity contribution in [3.63, 3.8) is 0 Å². The number of rotatable bonds is 5. The maximum Gasteiger partial charge on any atom is 0.191 e. The lowest BCUT2D eigenvalue weighted by Crippen LogP contribution is -2.41. The van der Waals surface area contributed by atoms with Crippen LogP contribution in [0.5, 0.6) is 0 Å². The molecule has 18 heavy (non-hydrogen) atoms. The van der Waals surface area contributed by atoms with Gasteiger partial charge in [0, 0.05) is 6.61 Å². The summed E-state index contributed by atoms with van der Waals surface area (Å²) in [6, 6.07) is 0. The fraction of sp³-hybridized carbons (Fsp3) is 1.00. The Balaban J connectivity index is 2.30. The van der Waals surface area contributed by atoms with E-state index >= 15 is 0 Å². The van der Waals surface area contributed by atoms with Crippen molar-refractivity contribution < 1.29 is 4.43 Å². The van der Waals surface area contributed by atoms with Crippen LogP contribution in [-0.2, 0) is 4.43 Å². The van der Waals surface area contributed by atoms with Crippen LogP contribution in [0.3, 0.4) is 0 Å². The van der Waals surface area contributed by atoms with Crippen LogP contribution in [0.25, 0.3) is 0 Å². The highest BCUT2D eigenvalue weighted by Crippen LogP contribution is 2.38. The maximum atomic E-state index is 6.32. The first-order valence-corrected chi connectivity index (χ1v) is 12.1. The molecule has 1 aliphatic heterocycles. The molecule has 0 unspecified atom stereocenters. The Bertz CT molecular complexity index is 245. The molecule has 1 atom stereocenters. The minimum absolute atomic E-state index is 0.334. The van der Waals surface area contributed by atoms with E-state index in [9.17, 15) is 0 Å². The van der Waals surface area contributed by atoms with Crippen LogP contribution >= 0.6 is 23.5 Å². The minimum atomic E-state index is -1.55. The smallest absolute Gasteiger partial charge is 0.191 e. The van der Waals surface area contributed by atoms with E-state index in [0.717, 1.165) is 11.2 Å². The monoisotopic (exact) mass is 306 g/mol. The molecule has 0 aromatic carbocycles. The van der Waals surface area contributed by atoms with Crippen molar-refractivity contribution in [2.24, 2.45) is 5.92 Å². The fourth-order valence-corrected chi connectivity index (χ4v) is 5.99. The molecule has 0 radical (unpaired) electrons. The topological polar surface area (TPSA) is 9.23 Å². The third kappa shape index (κ3) is 5.47. The average molecular weight is 307 g/mol. The van der Waals surface area contributed by atoms with E-state index in [0.29, 0.717) is 11.0 Å². The summed E-state index contributed by atoms with van der Waals surface area (Å²) in [7, 11) is -1.55. The Labute approximate surface area is 123 Å². The molecule has 0 amide bonds. The van der Waals surface area contributed by atoms with E-state index in [2.05, 4.69) is 64.3 Å². The summed E-state index contributed by atoms with van der Waals surface area (Å²) in [5, 5.41) is 0.334. The van der Waals surface area contributed by atoms with Gasteiger partial charge < -0.3 is 4.43 Å². The zero-order valence-corrected chi connectivity index (χ0v) is 15.5. The van der Waals surface area contributed by atoms with Gasteiger partial charge in [-0.15, -0.1) is 23.5 Å². The second-order valence-corrected chi connectivity index (χ2v) is 14.7. The molecule has 108 valence electrons. The summed E-state index contributed by atoms with van der Waals surface area (Å²) < 4.78 is 7.13. The summed E-state index contributed by atoms with van der Waals surface area (Å²) in [5.41, 5.74) is 0. The van der Waals surface area contributed by atoms with Gasteiger partial charge in [-0.2, -0.15) is 0 Å². The minimum Gasteiger partial charge on any atom is -0.417 e. The second-order valence-electron chi connectivity index (χ2n) is 6.94. The number of thioether (sulfide) groups is 2. The Morgan fingerprint density at radius 2 is 1.78 bits per heavy atom. The van der Waals surface area contributed by atoms with Gasteiger partial charge in [0.05, 0.1) is 4.58 Å². The summed E-state index contributed by atoms with van der Waals surface area (Å²) >= 11 is 4.30. The van der Waals surface area contributed by atoms with E-state index in [-0.39, 0.29) is 0 Å². The third-order valence-corrected chi connectivity index (χ3v) is 11.5. The molecule has 0 bridgehead atoms. The largest absolute Gasteiger partial charge is 0.417 e. The Hall–Kier alpha value is 0.877. The SMILES string of the molecule is C[C@H](CO[Si](C)(C)C(C)(C)C)CC1SCCCS1. The molecule has 0 aromatic rings. The lowest BCUT2D eigenvalue weighted by Gasteiger charge is -2.37. The summed E-state index contributed by atoms with van der Waals surface area (Å²) in [6.45, 7) is 15.0. The predicted octanol–water partition coefficient (Wildman–Crippen LogP) is 5.23. The van der Waals surface area contributed by atoms with Crippen LogP contribution in [0.15, 0.2) is 0 Å². The van der Waals surface area contributed by atoms with E-state index in [4.69, 9.17) is 4.43 Å². The molecule has 1 fully saturated rings. The van der Waals surface area contributed by atoms with Crippen molar-refractivity contribution in [2.45, 2.75) is 63.3 Å². The summed E-state index contributed by atoms with van der Waals surface area (Å²) in [6.07, 6.45) is 2.70. The lowest BCUT2D eigenvalue weighted by atomic mass is 10.1. The fourth-order valence-electron chi connectivity index (χ4n) is 1.64. The van der Waals surface area contributed by atoms with Crippen LogP contribution in [0, 0.1) is 5.92 Å². The molecule has 0 aromatic heterocycles. The molecule has 1 rings (SSSR count). The van der Waals surface area contributed by atoms with Gasteiger partial charge in [0.1, 0.15) is 0 Å². The van der Waals surface area contributed by atoms with Crippen LogP contribution in [0.4, 0.5) is 0 Å². The van der Waals surface area contributed by atoms with Crippen molar-refractivity contribution in [1.82, 2.24) is 0 Å². The molecule has 1 aliphatic rings. The van der Waals surface area contributed by atoms with Gasteiger partial charge in [0.2, 0.25) is 0 Å². The van der Waals surface area contributed by atoms with Gasteiger partial charge >= 0.3 is 0 Å². The number of hydrogen-bond donors (Lipinski definition) is 0. The van der Waals surface area contributed by atoms with Crippen LogP contribution in [0.2, 0.25) is 18.1 Å². The van der Waals surface area contributed by atoms with Crippen molar-refractivity contribution in [2.75, 3.05) is 18.1 Å². The third-order valence-electron chi connectivity index (χ3n) is 4.03. The van der Waals surface area contributed by atoms with Crippen molar-refractivity contribution >= 4 is 31.8 Å². The standard InChI is InChI=1S/C14H30OS2Si/c1-12(10-13-16-8-7-9-17-13)11-15-18(5,6)14(2,3)4/h12-13H,7-11H2,1-6H3/t12-/m0/s1. The average Bonchev–Trinajstić information content (AvgIpc) is 2.26. The first-order chi connectivity index (χ1) is 8.22. The molecular formula is C14H30OS2Si. The molecule has 4 heteroatoms. The predicted molar refractivity (Wildman–Crippen MR) is 90.3 cm³/mol. The molecule has 0 aliphatic carbocycles. The molecule has 0 saturated carbocycles. The highest BCUT2D eigenvalue weighted by Gasteiger charge is 2.37. The van der Waals surface area contributed by atoms with Crippen molar-refractivity contribution in [3.05, 3.63) is 0 Å². The van der Waals surface area contributed by atoms with Gasteiger partial charge in [-0.1, -0.05) is 27.7 Å². The van der Waals surface area contributed by atoms with Crippen LogP contribution < -0.4 is 0 Å². The van der Waals surface area contributed by atoms with E-state index < -0.39 is 8.32 Å². The van der Waals surface area contributed by atoms with Gasteiger partial charge in [0.25, 0.3) is 0 Å². The van der Waals surface area contributed by atoms with Gasteiger partial charge in [-0.25, -0.2) is 0 Å². The maximum absolute atomic E-state index is 6.32. The van der Waals surface area contributed by atoms with E-state index in [1.165, 1.54) is 24.3 Å². The zero-order chi connectivity index (χ0) is 13.8. The first-order valence-electron chi connectivity index (χ1n) is 7.09. The molecule has 1 heterocycles. The highest BCUT2D eigenvalue weighted by atomic mass is 32.2. The van der Waals surface area contributed by atoms with Crippen LogP contribution in [-0.4, -0.2) is 31.0 Å². The summed E-state index contributed by atoms with van der Waals surface area (Å²) in [5.74, 6) is 3.41.